The predicted octanol–water partition coefficient (Wildman–Crippen LogP) is 4.81. The molecular formula is C28H25FN8O. The molecule has 0 amide bonds. The van der Waals surface area contributed by atoms with E-state index in [-0.39, 0.29) is 5.69 Å². The molecule has 5 aromatic rings. The van der Waals surface area contributed by atoms with E-state index in [1.807, 2.05) is 67.6 Å². The number of nitrogens with zero attached hydrogens (tertiary/aromatic N) is 7. The Balaban J connectivity index is 1.19. The van der Waals surface area contributed by atoms with Crippen molar-refractivity contribution in [1.82, 2.24) is 29.7 Å². The van der Waals surface area contributed by atoms with Gasteiger partial charge in [-0.15, -0.1) is 5.10 Å². The zero-order valence-electron chi connectivity index (χ0n) is 20.8. The number of rotatable bonds is 6. The van der Waals surface area contributed by atoms with Crippen molar-refractivity contribution in [3.8, 4) is 28.3 Å². The van der Waals surface area contributed by atoms with Gasteiger partial charge in [0.05, 0.1) is 25.1 Å². The predicted molar refractivity (Wildman–Crippen MR) is 143 cm³/mol. The third-order valence-corrected chi connectivity index (χ3v) is 6.29. The number of hydrogen-bond donors (Lipinski definition) is 1. The van der Waals surface area contributed by atoms with Crippen LogP contribution in [0.25, 0.3) is 28.3 Å². The maximum atomic E-state index is 14.7. The fourth-order valence-electron chi connectivity index (χ4n) is 4.25. The number of halogens is 1. The highest BCUT2D eigenvalue weighted by molar-refractivity contribution is 5.68. The van der Waals surface area contributed by atoms with Crippen LogP contribution in [-0.4, -0.2) is 56.0 Å². The van der Waals surface area contributed by atoms with Gasteiger partial charge in [-0.2, -0.15) is 0 Å². The lowest BCUT2D eigenvalue weighted by molar-refractivity contribution is 0.122. The molecular weight excluding hydrogens is 483 g/mol. The smallest absolute Gasteiger partial charge is 0.227 e. The first-order valence-electron chi connectivity index (χ1n) is 12.3. The molecule has 0 unspecified atom stereocenters. The molecule has 0 aliphatic carbocycles. The summed E-state index contributed by atoms with van der Waals surface area (Å²) < 4.78 is 21.9. The number of hydrogen-bond acceptors (Lipinski definition) is 8. The molecule has 1 aliphatic rings. The Labute approximate surface area is 219 Å². The van der Waals surface area contributed by atoms with Crippen LogP contribution in [0.1, 0.15) is 5.69 Å². The van der Waals surface area contributed by atoms with Gasteiger partial charge in [-0.05, 0) is 55.5 Å². The van der Waals surface area contributed by atoms with Gasteiger partial charge in [-0.25, -0.2) is 24.0 Å². The molecule has 0 atom stereocenters. The zero-order valence-corrected chi connectivity index (χ0v) is 20.8. The van der Waals surface area contributed by atoms with Gasteiger partial charge >= 0.3 is 0 Å². The summed E-state index contributed by atoms with van der Waals surface area (Å²) in [4.78, 5) is 19.5. The summed E-state index contributed by atoms with van der Waals surface area (Å²) in [6.45, 7) is 4.91. The molecule has 6 rings (SSSR count). The molecule has 1 N–H and O–H groups in total. The fraction of sp³-hybridized carbons (Fsp3) is 0.179. The van der Waals surface area contributed by atoms with Crippen LogP contribution < -0.4 is 10.2 Å². The molecule has 3 aromatic heterocycles. The van der Waals surface area contributed by atoms with E-state index in [1.54, 1.807) is 17.2 Å². The van der Waals surface area contributed by atoms with E-state index in [4.69, 9.17) is 4.74 Å². The van der Waals surface area contributed by atoms with Crippen LogP contribution in [0.2, 0.25) is 0 Å². The SMILES string of the molecule is Cc1ccc(-c2ncn(-c3ccc(Nc4ncc(F)c(-c5cccc(N6CCOCC6)c5)n4)cc3)n2)cn1. The molecule has 0 bridgehead atoms. The number of aryl methyl sites for hydroxylation is 1. The quantitative estimate of drug-likeness (QED) is 0.349. The van der Waals surface area contributed by atoms with E-state index in [1.165, 1.54) is 6.20 Å². The number of aromatic nitrogens is 6. The van der Waals surface area contributed by atoms with Gasteiger partial charge in [-0.3, -0.25) is 4.98 Å². The summed E-state index contributed by atoms with van der Waals surface area (Å²) >= 11 is 0. The lowest BCUT2D eigenvalue weighted by Crippen LogP contribution is -2.36. The first-order valence-corrected chi connectivity index (χ1v) is 12.3. The molecule has 0 saturated carbocycles. The molecule has 10 heteroatoms. The summed E-state index contributed by atoms with van der Waals surface area (Å²) in [6.07, 6.45) is 4.62. The van der Waals surface area contributed by atoms with Crippen molar-refractivity contribution in [2.75, 3.05) is 36.5 Å². The van der Waals surface area contributed by atoms with Gasteiger partial charge in [0, 0.05) is 47.5 Å². The number of morpholine rings is 1. The number of nitrogens with one attached hydrogen (secondary N) is 1. The average Bonchev–Trinajstić information content (AvgIpc) is 3.46. The van der Waals surface area contributed by atoms with E-state index in [0.29, 0.717) is 30.5 Å². The van der Waals surface area contributed by atoms with Crippen LogP contribution >= 0.6 is 0 Å². The minimum atomic E-state index is -0.476. The fourth-order valence-corrected chi connectivity index (χ4v) is 4.25. The van der Waals surface area contributed by atoms with Crippen molar-refractivity contribution < 1.29 is 9.13 Å². The van der Waals surface area contributed by atoms with Crippen LogP contribution in [-0.2, 0) is 4.74 Å². The van der Waals surface area contributed by atoms with Crippen molar-refractivity contribution in [2.45, 2.75) is 6.92 Å². The molecule has 2 aromatic carbocycles. The molecule has 1 fully saturated rings. The first-order chi connectivity index (χ1) is 18.6. The average molecular weight is 509 g/mol. The minimum Gasteiger partial charge on any atom is -0.378 e. The van der Waals surface area contributed by atoms with Crippen molar-refractivity contribution in [3.05, 3.63) is 90.9 Å². The lowest BCUT2D eigenvalue weighted by atomic mass is 10.1. The standard InChI is InChI=1S/C28H25FN8O/c1-19-5-6-21(16-30-19)27-32-18-37(35-27)23-9-7-22(8-10-23)33-28-31-17-25(29)26(34-28)20-3-2-4-24(15-20)36-11-13-38-14-12-36/h2-10,15-18H,11-14H2,1H3,(H,31,33,34). The second-order valence-corrected chi connectivity index (χ2v) is 8.91. The third-order valence-electron chi connectivity index (χ3n) is 6.29. The maximum Gasteiger partial charge on any atom is 0.227 e. The molecule has 0 radical (unpaired) electrons. The van der Waals surface area contributed by atoms with E-state index in [0.717, 1.165) is 41.4 Å². The van der Waals surface area contributed by atoms with E-state index in [2.05, 4.69) is 35.3 Å². The molecule has 4 heterocycles. The molecule has 1 saturated heterocycles. The van der Waals surface area contributed by atoms with E-state index >= 15 is 0 Å². The van der Waals surface area contributed by atoms with E-state index in [9.17, 15) is 4.39 Å². The van der Waals surface area contributed by atoms with Gasteiger partial charge in [-0.1, -0.05) is 12.1 Å². The molecule has 0 spiro atoms. The number of ether oxygens (including phenoxy) is 1. The Hall–Kier alpha value is -4.70. The summed E-state index contributed by atoms with van der Waals surface area (Å²) in [5.41, 5.74) is 5.35. The van der Waals surface area contributed by atoms with Crippen molar-refractivity contribution in [3.63, 3.8) is 0 Å². The number of anilines is 3. The van der Waals surface area contributed by atoms with Crippen LogP contribution in [0.15, 0.2) is 79.4 Å². The number of pyridine rings is 1. The molecule has 9 nitrogen and oxygen atoms in total. The van der Waals surface area contributed by atoms with Gasteiger partial charge in [0.1, 0.15) is 12.0 Å². The Morgan fingerprint density at radius 2 is 1.71 bits per heavy atom. The normalized spacial score (nSPS) is 13.5. The summed E-state index contributed by atoms with van der Waals surface area (Å²) in [5, 5.41) is 7.72. The van der Waals surface area contributed by atoms with Crippen molar-refractivity contribution >= 4 is 17.3 Å². The monoisotopic (exact) mass is 508 g/mol. The third kappa shape index (κ3) is 5.07. The van der Waals surface area contributed by atoms with Gasteiger partial charge in [0.25, 0.3) is 0 Å². The molecule has 190 valence electrons. The largest absolute Gasteiger partial charge is 0.378 e. The number of benzene rings is 2. The highest BCUT2D eigenvalue weighted by atomic mass is 19.1. The van der Waals surface area contributed by atoms with Gasteiger partial charge in [0.15, 0.2) is 11.6 Å². The van der Waals surface area contributed by atoms with Gasteiger partial charge < -0.3 is 15.0 Å². The second-order valence-electron chi connectivity index (χ2n) is 8.91. The van der Waals surface area contributed by atoms with E-state index < -0.39 is 5.82 Å². The Morgan fingerprint density at radius 3 is 2.50 bits per heavy atom. The maximum absolute atomic E-state index is 14.7. The van der Waals surface area contributed by atoms with Gasteiger partial charge in [0.2, 0.25) is 5.95 Å². The van der Waals surface area contributed by atoms with Crippen LogP contribution in [0.3, 0.4) is 0 Å². The topological polar surface area (TPSA) is 93.9 Å². The lowest BCUT2D eigenvalue weighted by Gasteiger charge is -2.29. The van der Waals surface area contributed by atoms with Crippen molar-refractivity contribution in [1.29, 1.82) is 0 Å². The molecule has 38 heavy (non-hydrogen) atoms. The summed E-state index contributed by atoms with van der Waals surface area (Å²) in [7, 11) is 0. The highest BCUT2D eigenvalue weighted by Crippen LogP contribution is 2.27. The zero-order chi connectivity index (χ0) is 25.9. The minimum absolute atomic E-state index is 0.245. The van der Waals surface area contributed by atoms with Crippen molar-refractivity contribution in [2.24, 2.45) is 0 Å². The summed E-state index contributed by atoms with van der Waals surface area (Å²) in [5.74, 6) is 0.432. The van der Waals surface area contributed by atoms with Crippen LogP contribution in [0.5, 0.6) is 0 Å². The van der Waals surface area contributed by atoms with Crippen LogP contribution in [0.4, 0.5) is 21.7 Å². The Bertz CT molecular complexity index is 1550. The van der Waals surface area contributed by atoms with Crippen LogP contribution in [0, 0.1) is 12.7 Å². The molecule has 1 aliphatic heterocycles. The Kier molecular flexibility index (Phi) is 6.45. The summed E-state index contributed by atoms with van der Waals surface area (Å²) in [6, 6.07) is 19.2. The Morgan fingerprint density at radius 1 is 0.868 bits per heavy atom. The highest BCUT2D eigenvalue weighted by Gasteiger charge is 2.15. The second kappa shape index (κ2) is 10.3. The first kappa shape index (κ1) is 23.7.